The van der Waals surface area contributed by atoms with Crippen LogP contribution in [0.4, 0.5) is 8.78 Å². The number of aromatic amines is 1. The summed E-state index contributed by atoms with van der Waals surface area (Å²) in [5.41, 5.74) is 0.119. The number of rotatable bonds is 3. The Labute approximate surface area is 137 Å². The Morgan fingerprint density at radius 2 is 2.00 bits per heavy atom. The van der Waals surface area contributed by atoms with Gasteiger partial charge in [-0.2, -0.15) is 4.31 Å². The van der Waals surface area contributed by atoms with Crippen molar-refractivity contribution < 1.29 is 17.2 Å². The number of sulfonamides is 1. The molecule has 0 bridgehead atoms. The standard InChI is InChI=1S/C15H15F2N3O3S/c16-12-4-3-11(8-13(12)17)24(22,23)20-7-1-2-10(9-20)14-5-6-18-15(21)19-14/h3-6,8,10H,1-2,7,9H2,(H,18,19,21)/t10-/m0/s1. The summed E-state index contributed by atoms with van der Waals surface area (Å²) in [6.45, 7) is 0.439. The molecule has 1 fully saturated rings. The normalized spacial score (nSPS) is 19.3. The average molecular weight is 355 g/mol. The largest absolute Gasteiger partial charge is 0.345 e. The smallest absolute Gasteiger partial charge is 0.309 e. The first-order valence-corrected chi connectivity index (χ1v) is 8.82. The quantitative estimate of drug-likeness (QED) is 0.907. The minimum atomic E-state index is -3.93. The number of aromatic nitrogens is 2. The summed E-state index contributed by atoms with van der Waals surface area (Å²) in [7, 11) is -3.93. The zero-order valence-corrected chi connectivity index (χ0v) is 13.4. The Morgan fingerprint density at radius 3 is 2.71 bits per heavy atom. The van der Waals surface area contributed by atoms with Gasteiger partial charge in [0.25, 0.3) is 0 Å². The van der Waals surface area contributed by atoms with Gasteiger partial charge in [0, 0.05) is 30.9 Å². The van der Waals surface area contributed by atoms with Gasteiger partial charge in [0.05, 0.1) is 4.90 Å². The lowest BCUT2D eigenvalue weighted by Crippen LogP contribution is -2.39. The maximum absolute atomic E-state index is 13.4. The lowest BCUT2D eigenvalue weighted by Gasteiger charge is -2.31. The summed E-state index contributed by atoms with van der Waals surface area (Å²) in [5, 5.41) is 0. The molecule has 1 atom stereocenters. The minimum Gasteiger partial charge on any atom is -0.309 e. The van der Waals surface area contributed by atoms with Crippen LogP contribution >= 0.6 is 0 Å². The van der Waals surface area contributed by atoms with Gasteiger partial charge in [0.1, 0.15) is 0 Å². The summed E-state index contributed by atoms with van der Waals surface area (Å²) in [5.74, 6) is -2.49. The van der Waals surface area contributed by atoms with Gasteiger partial charge in [-0.3, -0.25) is 0 Å². The van der Waals surface area contributed by atoms with E-state index >= 15 is 0 Å². The molecule has 6 nitrogen and oxygen atoms in total. The van der Waals surface area contributed by atoms with Crippen LogP contribution in [-0.4, -0.2) is 35.8 Å². The Morgan fingerprint density at radius 1 is 1.21 bits per heavy atom. The van der Waals surface area contributed by atoms with Crippen LogP contribution in [0.25, 0.3) is 0 Å². The molecule has 0 spiro atoms. The highest BCUT2D eigenvalue weighted by atomic mass is 32.2. The molecule has 0 radical (unpaired) electrons. The van der Waals surface area contributed by atoms with Gasteiger partial charge in [-0.25, -0.2) is 27.0 Å². The molecule has 128 valence electrons. The minimum absolute atomic E-state index is 0.154. The molecule has 0 saturated carbocycles. The van der Waals surface area contributed by atoms with E-state index in [9.17, 15) is 22.0 Å². The monoisotopic (exact) mass is 355 g/mol. The number of nitrogens with one attached hydrogen (secondary N) is 1. The van der Waals surface area contributed by atoms with Crippen LogP contribution in [-0.2, 0) is 10.0 Å². The zero-order chi connectivity index (χ0) is 17.3. The average Bonchev–Trinajstić information content (AvgIpc) is 2.57. The van der Waals surface area contributed by atoms with Crippen molar-refractivity contribution in [3.05, 3.63) is 58.3 Å². The van der Waals surface area contributed by atoms with Crippen molar-refractivity contribution in [2.75, 3.05) is 13.1 Å². The van der Waals surface area contributed by atoms with Crippen LogP contribution in [0.3, 0.4) is 0 Å². The first kappa shape index (κ1) is 16.7. The highest BCUT2D eigenvalue weighted by Crippen LogP contribution is 2.29. The molecule has 9 heteroatoms. The molecule has 2 heterocycles. The number of hydrogen-bond donors (Lipinski definition) is 1. The van der Waals surface area contributed by atoms with Gasteiger partial charge in [-0.1, -0.05) is 0 Å². The third kappa shape index (κ3) is 3.22. The number of benzene rings is 1. The molecule has 1 aromatic carbocycles. The predicted molar refractivity (Wildman–Crippen MR) is 81.9 cm³/mol. The van der Waals surface area contributed by atoms with E-state index in [0.29, 0.717) is 24.6 Å². The van der Waals surface area contributed by atoms with E-state index in [1.54, 1.807) is 6.07 Å². The summed E-state index contributed by atoms with van der Waals surface area (Å²) < 4.78 is 52.9. The Kier molecular flexibility index (Phi) is 4.46. The third-order valence-corrected chi connectivity index (χ3v) is 5.91. The molecule has 0 aliphatic carbocycles. The zero-order valence-electron chi connectivity index (χ0n) is 12.6. The van der Waals surface area contributed by atoms with Crippen molar-refractivity contribution in [3.63, 3.8) is 0 Å². The molecule has 1 aliphatic heterocycles. The van der Waals surface area contributed by atoms with Crippen LogP contribution in [0, 0.1) is 11.6 Å². The number of piperidine rings is 1. The van der Waals surface area contributed by atoms with Crippen molar-refractivity contribution in [1.29, 1.82) is 0 Å². The molecular weight excluding hydrogens is 340 g/mol. The first-order chi connectivity index (χ1) is 11.4. The molecule has 24 heavy (non-hydrogen) atoms. The molecule has 2 aromatic rings. The number of halogens is 2. The van der Waals surface area contributed by atoms with Gasteiger partial charge in [0.15, 0.2) is 11.6 Å². The SMILES string of the molecule is O=c1nccc([C@H]2CCCN(S(=O)(=O)c3ccc(F)c(F)c3)C2)[nH]1. The summed E-state index contributed by atoms with van der Waals surface area (Å²) in [6, 6.07) is 4.16. The molecule has 1 N–H and O–H groups in total. The van der Waals surface area contributed by atoms with Crippen LogP contribution in [0.1, 0.15) is 24.5 Å². The van der Waals surface area contributed by atoms with E-state index in [4.69, 9.17) is 0 Å². The molecule has 3 rings (SSSR count). The third-order valence-electron chi connectivity index (χ3n) is 4.05. The van der Waals surface area contributed by atoms with Gasteiger partial charge >= 0.3 is 5.69 Å². The Bertz CT molecular complexity index is 914. The highest BCUT2D eigenvalue weighted by Gasteiger charge is 2.31. The highest BCUT2D eigenvalue weighted by molar-refractivity contribution is 7.89. The number of H-pyrrole nitrogens is 1. The number of hydrogen-bond acceptors (Lipinski definition) is 4. The molecular formula is C15H15F2N3O3S. The second-order valence-electron chi connectivity index (χ2n) is 5.61. The number of nitrogens with zero attached hydrogens (tertiary/aromatic N) is 2. The first-order valence-electron chi connectivity index (χ1n) is 7.38. The van der Waals surface area contributed by atoms with Crippen LogP contribution in [0.15, 0.2) is 40.2 Å². The van der Waals surface area contributed by atoms with Crippen LogP contribution in [0.5, 0.6) is 0 Å². The van der Waals surface area contributed by atoms with Crippen molar-refractivity contribution >= 4 is 10.0 Å². The fourth-order valence-electron chi connectivity index (χ4n) is 2.82. The maximum Gasteiger partial charge on any atom is 0.345 e. The summed E-state index contributed by atoms with van der Waals surface area (Å²) >= 11 is 0. The van der Waals surface area contributed by atoms with Crippen molar-refractivity contribution in [2.45, 2.75) is 23.7 Å². The summed E-state index contributed by atoms with van der Waals surface area (Å²) in [4.78, 5) is 17.2. The van der Waals surface area contributed by atoms with Crippen LogP contribution < -0.4 is 5.69 Å². The predicted octanol–water partition coefficient (Wildman–Crippen LogP) is 1.62. The Hall–Kier alpha value is -2.13. The van der Waals surface area contributed by atoms with Crippen molar-refractivity contribution in [3.8, 4) is 0 Å². The molecule has 0 unspecified atom stereocenters. The van der Waals surface area contributed by atoms with Gasteiger partial charge in [-0.15, -0.1) is 0 Å². The van der Waals surface area contributed by atoms with E-state index in [-0.39, 0.29) is 23.9 Å². The fraction of sp³-hybridized carbons (Fsp3) is 0.333. The molecule has 0 amide bonds. The second kappa shape index (κ2) is 6.40. The topological polar surface area (TPSA) is 83.1 Å². The van der Waals surface area contributed by atoms with Crippen molar-refractivity contribution in [2.24, 2.45) is 0 Å². The lowest BCUT2D eigenvalue weighted by molar-refractivity contribution is 0.312. The molecule has 1 aliphatic rings. The molecule has 1 saturated heterocycles. The fourth-order valence-corrected chi connectivity index (χ4v) is 4.36. The van der Waals surface area contributed by atoms with Gasteiger partial charge in [0.2, 0.25) is 10.0 Å². The van der Waals surface area contributed by atoms with Crippen LogP contribution in [0.2, 0.25) is 0 Å². The van der Waals surface area contributed by atoms with E-state index < -0.39 is 27.3 Å². The van der Waals surface area contributed by atoms with E-state index in [2.05, 4.69) is 9.97 Å². The van der Waals surface area contributed by atoms with Gasteiger partial charge < -0.3 is 4.98 Å². The van der Waals surface area contributed by atoms with E-state index in [0.717, 1.165) is 12.1 Å². The van der Waals surface area contributed by atoms with E-state index in [1.165, 1.54) is 10.5 Å². The lowest BCUT2D eigenvalue weighted by atomic mass is 9.96. The van der Waals surface area contributed by atoms with Gasteiger partial charge in [-0.05, 0) is 37.1 Å². The molecule has 1 aromatic heterocycles. The summed E-state index contributed by atoms with van der Waals surface area (Å²) in [6.07, 6.45) is 2.68. The second-order valence-corrected chi connectivity index (χ2v) is 7.55. The maximum atomic E-state index is 13.4. The Balaban J connectivity index is 1.88. The van der Waals surface area contributed by atoms with Crippen molar-refractivity contribution in [1.82, 2.24) is 14.3 Å². The van der Waals surface area contributed by atoms with E-state index in [1.807, 2.05) is 0 Å².